The van der Waals surface area contributed by atoms with E-state index in [4.69, 9.17) is 19.8 Å². The Bertz CT molecular complexity index is 1310. The molecule has 0 aliphatic heterocycles. The molecule has 2 amide bonds. The van der Waals surface area contributed by atoms with E-state index < -0.39 is 24.3 Å². The van der Waals surface area contributed by atoms with Crippen molar-refractivity contribution in [1.82, 2.24) is 20.0 Å². The molecule has 0 aliphatic rings. The number of alkyl halides is 6. The molecule has 4 N–H and O–H groups in total. The van der Waals surface area contributed by atoms with Crippen LogP contribution in [0.25, 0.3) is 11.1 Å². The first-order valence-corrected chi connectivity index (χ1v) is 12.5. The van der Waals surface area contributed by atoms with Gasteiger partial charge in [0.25, 0.3) is 0 Å². The molecule has 242 valence electrons. The highest BCUT2D eigenvalue weighted by Gasteiger charge is 2.38. The molecule has 0 aliphatic carbocycles. The van der Waals surface area contributed by atoms with Gasteiger partial charge in [-0.1, -0.05) is 36.4 Å². The van der Waals surface area contributed by atoms with Crippen molar-refractivity contribution in [2.75, 3.05) is 51.5 Å². The third kappa shape index (κ3) is 13.5. The molecule has 0 saturated carbocycles. The fourth-order valence-electron chi connectivity index (χ4n) is 3.15. The monoisotopic (exact) mass is 634 g/mol. The molecule has 17 heteroatoms. The third-order valence-corrected chi connectivity index (χ3v) is 5.46. The summed E-state index contributed by atoms with van der Waals surface area (Å²) in [5.74, 6) is -5.51. The number of anilines is 2. The number of rotatable bonds is 8. The maximum absolute atomic E-state index is 12.8. The van der Waals surface area contributed by atoms with Gasteiger partial charge >= 0.3 is 30.3 Å². The molecule has 11 nitrogen and oxygen atoms in total. The molecule has 1 heterocycles. The number of amides is 2. The lowest BCUT2D eigenvalue weighted by molar-refractivity contribution is -0.193. The summed E-state index contributed by atoms with van der Waals surface area (Å²) in [5.41, 5.74) is 4.90. The van der Waals surface area contributed by atoms with Crippen molar-refractivity contribution in [3.8, 4) is 11.1 Å². The molecule has 2 aromatic carbocycles. The van der Waals surface area contributed by atoms with E-state index in [1.54, 1.807) is 18.1 Å². The van der Waals surface area contributed by atoms with Crippen LogP contribution in [-0.4, -0.2) is 102 Å². The number of halogens is 6. The van der Waals surface area contributed by atoms with Crippen LogP contribution in [0, 0.1) is 0 Å². The number of urea groups is 1. The van der Waals surface area contributed by atoms with Gasteiger partial charge in [-0.25, -0.2) is 14.4 Å². The van der Waals surface area contributed by atoms with Crippen LogP contribution in [0.2, 0.25) is 0 Å². The van der Waals surface area contributed by atoms with Crippen molar-refractivity contribution in [2.45, 2.75) is 18.9 Å². The van der Waals surface area contributed by atoms with E-state index in [1.807, 2.05) is 55.7 Å². The Labute approximate surface area is 248 Å². The average Bonchev–Trinajstić information content (AvgIpc) is 3.47. The highest BCUT2D eigenvalue weighted by molar-refractivity contribution is 5.94. The first kappa shape index (κ1) is 37.2. The molecule has 0 atom stereocenters. The van der Waals surface area contributed by atoms with Gasteiger partial charge in [0.1, 0.15) is 0 Å². The van der Waals surface area contributed by atoms with Gasteiger partial charge in [-0.3, -0.25) is 5.10 Å². The minimum atomic E-state index is -5.08. The zero-order valence-corrected chi connectivity index (χ0v) is 24.1. The summed E-state index contributed by atoms with van der Waals surface area (Å²) in [6.45, 7) is 2.30. The Morgan fingerprint density at radius 1 is 0.841 bits per heavy atom. The summed E-state index contributed by atoms with van der Waals surface area (Å²) in [4.78, 5) is 36.6. The Morgan fingerprint density at radius 2 is 1.39 bits per heavy atom. The largest absolute Gasteiger partial charge is 0.490 e. The number of hydrogen-bond donors (Lipinski definition) is 4. The van der Waals surface area contributed by atoms with E-state index in [1.165, 1.54) is 0 Å². The highest BCUT2D eigenvalue weighted by Crippen LogP contribution is 2.31. The van der Waals surface area contributed by atoms with Crippen LogP contribution < -0.4 is 10.2 Å². The second-order valence-corrected chi connectivity index (χ2v) is 9.32. The van der Waals surface area contributed by atoms with Gasteiger partial charge in [-0.2, -0.15) is 31.4 Å². The number of likely N-dealkylation sites (N-methyl/N-ethyl adjacent to an activating group) is 2. The summed E-state index contributed by atoms with van der Waals surface area (Å²) >= 11 is 0. The number of benzene rings is 2. The molecular formula is C27H32F6N6O5. The quantitative estimate of drug-likeness (QED) is 0.254. The van der Waals surface area contributed by atoms with Gasteiger partial charge in [0.15, 0.2) is 0 Å². The smallest absolute Gasteiger partial charge is 0.475 e. The number of aromatic nitrogens is 2. The number of aliphatic carboxylic acids is 2. The maximum atomic E-state index is 12.8. The number of nitrogens with zero attached hydrogens (tertiary/aromatic N) is 4. The first-order chi connectivity index (χ1) is 20.3. The molecule has 3 rings (SSSR count). The zero-order chi connectivity index (χ0) is 33.7. The third-order valence-electron chi connectivity index (χ3n) is 5.46. The molecule has 0 spiro atoms. The number of carbonyl (C=O) groups is 3. The van der Waals surface area contributed by atoms with Crippen LogP contribution in [0.15, 0.2) is 60.9 Å². The van der Waals surface area contributed by atoms with Crippen molar-refractivity contribution in [1.29, 1.82) is 0 Å². The normalized spacial score (nSPS) is 11.0. The van der Waals surface area contributed by atoms with E-state index in [9.17, 15) is 31.1 Å². The van der Waals surface area contributed by atoms with Gasteiger partial charge < -0.3 is 30.2 Å². The van der Waals surface area contributed by atoms with E-state index >= 15 is 0 Å². The SMILES string of the molecule is CN(C)CCN(C)c1cc(-c2cn[nH]c2)ccc1NC(=O)N(C)Cc1ccccc1.O=C(O)C(F)(F)F.O=C(O)C(F)(F)F. The number of nitrogens with one attached hydrogen (secondary N) is 2. The number of aromatic amines is 1. The lowest BCUT2D eigenvalue weighted by Gasteiger charge is -2.26. The summed E-state index contributed by atoms with van der Waals surface area (Å²) in [5, 5.41) is 24.2. The molecule has 0 fully saturated rings. The zero-order valence-electron chi connectivity index (χ0n) is 24.1. The highest BCUT2D eigenvalue weighted by atomic mass is 19.4. The van der Waals surface area contributed by atoms with Crippen LogP contribution in [0.1, 0.15) is 5.56 Å². The molecular weight excluding hydrogens is 602 g/mol. The summed E-state index contributed by atoms with van der Waals surface area (Å²) in [7, 11) is 7.95. The molecule has 44 heavy (non-hydrogen) atoms. The fourth-order valence-corrected chi connectivity index (χ4v) is 3.15. The van der Waals surface area contributed by atoms with Gasteiger partial charge in [0.2, 0.25) is 0 Å². The van der Waals surface area contributed by atoms with Gasteiger partial charge in [0, 0.05) is 45.5 Å². The second kappa shape index (κ2) is 16.7. The lowest BCUT2D eigenvalue weighted by atomic mass is 10.1. The standard InChI is InChI=1S/C23H30N6O.2C2HF3O2/c1-27(2)12-13-28(3)22-14-19(20-15-24-25-16-20)10-11-21(22)26-23(30)29(4)17-18-8-6-5-7-9-18;2*3-2(4,5)1(6)7/h5-11,14-16H,12-13,17H2,1-4H3,(H,24,25)(H,26,30);2*(H,6,7). The van der Waals surface area contributed by atoms with Crippen LogP contribution in [0.3, 0.4) is 0 Å². The van der Waals surface area contributed by atoms with Gasteiger partial charge in [0.05, 0.1) is 17.6 Å². The van der Waals surface area contributed by atoms with Crippen molar-refractivity contribution < 1.29 is 50.9 Å². The molecule has 3 aromatic rings. The molecule has 1 aromatic heterocycles. The number of carbonyl (C=O) groups excluding carboxylic acids is 1. The second-order valence-electron chi connectivity index (χ2n) is 9.32. The lowest BCUT2D eigenvalue weighted by Crippen LogP contribution is -2.32. The van der Waals surface area contributed by atoms with Crippen molar-refractivity contribution in [3.05, 3.63) is 66.5 Å². The Hall–Kier alpha value is -4.80. The first-order valence-electron chi connectivity index (χ1n) is 12.5. The summed E-state index contributed by atoms with van der Waals surface area (Å²) < 4.78 is 63.5. The van der Waals surface area contributed by atoms with Crippen LogP contribution in [-0.2, 0) is 16.1 Å². The molecule has 0 saturated heterocycles. The van der Waals surface area contributed by atoms with Crippen molar-refractivity contribution in [3.63, 3.8) is 0 Å². The predicted molar refractivity (Wildman–Crippen MR) is 150 cm³/mol. The van der Waals surface area contributed by atoms with Crippen LogP contribution in [0.5, 0.6) is 0 Å². The fraction of sp³-hybridized carbons (Fsp3) is 0.333. The molecule has 0 radical (unpaired) electrons. The number of hydrogen-bond acceptors (Lipinski definition) is 6. The van der Waals surface area contributed by atoms with E-state index in [2.05, 4.69) is 45.5 Å². The van der Waals surface area contributed by atoms with Gasteiger partial charge in [-0.15, -0.1) is 0 Å². The average molecular weight is 635 g/mol. The van der Waals surface area contributed by atoms with Crippen LogP contribution >= 0.6 is 0 Å². The van der Waals surface area contributed by atoms with Crippen molar-refractivity contribution in [2.24, 2.45) is 0 Å². The number of H-pyrrole nitrogens is 1. The minimum absolute atomic E-state index is 0.142. The van der Waals surface area contributed by atoms with Crippen LogP contribution in [0.4, 0.5) is 42.5 Å². The molecule has 0 bridgehead atoms. The Kier molecular flexibility index (Phi) is 14.2. The number of carboxylic acid groups (broad SMARTS) is 2. The topological polar surface area (TPSA) is 142 Å². The van der Waals surface area contributed by atoms with Gasteiger partial charge in [-0.05, 0) is 37.4 Å². The number of carboxylic acids is 2. The predicted octanol–water partition coefficient (Wildman–Crippen LogP) is 5.01. The molecule has 0 unspecified atom stereocenters. The summed E-state index contributed by atoms with van der Waals surface area (Å²) in [6.07, 6.45) is -6.50. The van der Waals surface area contributed by atoms with E-state index in [-0.39, 0.29) is 6.03 Å². The minimum Gasteiger partial charge on any atom is -0.475 e. The maximum Gasteiger partial charge on any atom is 0.490 e. The van der Waals surface area contributed by atoms with Crippen molar-refractivity contribution >= 4 is 29.3 Å². The van der Waals surface area contributed by atoms with E-state index in [0.29, 0.717) is 6.54 Å². The van der Waals surface area contributed by atoms with E-state index in [0.717, 1.165) is 41.2 Å². The Morgan fingerprint density at radius 3 is 1.84 bits per heavy atom. The summed E-state index contributed by atoms with van der Waals surface area (Å²) in [6, 6.07) is 15.9. The Balaban J connectivity index is 0.000000574.